The molecule has 0 aromatic heterocycles. The summed E-state index contributed by atoms with van der Waals surface area (Å²) in [5, 5.41) is 13.1. The molecule has 0 aromatic carbocycles. The molecular formula is C10H21NO. The van der Waals surface area contributed by atoms with E-state index in [4.69, 9.17) is 0 Å². The molecule has 0 bridgehead atoms. The van der Waals surface area contributed by atoms with Gasteiger partial charge in [0, 0.05) is 0 Å². The molecule has 1 aliphatic rings. The molecule has 1 aliphatic heterocycles. The van der Waals surface area contributed by atoms with Gasteiger partial charge in [0.05, 0.1) is 6.10 Å². The molecule has 0 aromatic rings. The normalized spacial score (nSPS) is 23.0. The second kappa shape index (κ2) is 4.83. The summed E-state index contributed by atoms with van der Waals surface area (Å²) in [5.41, 5.74) is 0. The highest BCUT2D eigenvalue weighted by Gasteiger charge is 2.21. The van der Waals surface area contributed by atoms with E-state index in [-0.39, 0.29) is 6.10 Å². The molecule has 72 valence electrons. The summed E-state index contributed by atoms with van der Waals surface area (Å²) in [6.45, 7) is 6.51. The minimum atomic E-state index is -0.0629. The van der Waals surface area contributed by atoms with Crippen molar-refractivity contribution >= 4 is 0 Å². The SMILES string of the molecule is CC(C)CC(O)C1CCNCC1. The predicted molar refractivity (Wildman–Crippen MR) is 51.1 cm³/mol. The Morgan fingerprint density at radius 1 is 1.33 bits per heavy atom. The number of nitrogens with one attached hydrogen (secondary N) is 1. The van der Waals surface area contributed by atoms with E-state index in [1.165, 1.54) is 0 Å². The molecule has 0 amide bonds. The Morgan fingerprint density at radius 3 is 2.42 bits per heavy atom. The van der Waals surface area contributed by atoms with E-state index < -0.39 is 0 Å². The van der Waals surface area contributed by atoms with Gasteiger partial charge in [-0.25, -0.2) is 0 Å². The molecule has 1 unspecified atom stereocenters. The van der Waals surface area contributed by atoms with Crippen molar-refractivity contribution in [2.75, 3.05) is 13.1 Å². The smallest absolute Gasteiger partial charge is 0.0571 e. The van der Waals surface area contributed by atoms with Crippen molar-refractivity contribution in [1.29, 1.82) is 0 Å². The zero-order valence-electron chi connectivity index (χ0n) is 8.21. The Balaban J connectivity index is 2.24. The Morgan fingerprint density at radius 2 is 1.92 bits per heavy atom. The van der Waals surface area contributed by atoms with Crippen LogP contribution in [-0.2, 0) is 0 Å². The topological polar surface area (TPSA) is 32.3 Å². The van der Waals surface area contributed by atoms with Gasteiger partial charge in [0.1, 0.15) is 0 Å². The molecule has 0 radical (unpaired) electrons. The van der Waals surface area contributed by atoms with Gasteiger partial charge in [-0.1, -0.05) is 13.8 Å². The molecule has 1 fully saturated rings. The third kappa shape index (κ3) is 3.11. The summed E-state index contributed by atoms with van der Waals surface area (Å²) in [4.78, 5) is 0. The highest BCUT2D eigenvalue weighted by molar-refractivity contribution is 4.75. The summed E-state index contributed by atoms with van der Waals surface area (Å²) < 4.78 is 0. The molecule has 2 nitrogen and oxygen atoms in total. The third-order valence-electron chi connectivity index (χ3n) is 2.64. The highest BCUT2D eigenvalue weighted by Crippen LogP contribution is 2.21. The fraction of sp³-hybridized carbons (Fsp3) is 1.00. The molecule has 12 heavy (non-hydrogen) atoms. The van der Waals surface area contributed by atoms with Crippen LogP contribution in [0.3, 0.4) is 0 Å². The lowest BCUT2D eigenvalue weighted by Gasteiger charge is -2.28. The minimum Gasteiger partial charge on any atom is -0.393 e. The average molecular weight is 171 g/mol. The minimum absolute atomic E-state index is 0.0629. The number of aliphatic hydroxyl groups is 1. The summed E-state index contributed by atoms with van der Waals surface area (Å²) in [5.74, 6) is 1.17. The Hall–Kier alpha value is -0.0800. The molecule has 0 saturated carbocycles. The lowest BCUT2D eigenvalue weighted by molar-refractivity contribution is 0.0701. The van der Waals surface area contributed by atoms with Crippen molar-refractivity contribution in [2.24, 2.45) is 11.8 Å². The molecular weight excluding hydrogens is 150 g/mol. The monoisotopic (exact) mass is 171 g/mol. The number of hydrogen-bond acceptors (Lipinski definition) is 2. The van der Waals surface area contributed by atoms with Crippen LogP contribution >= 0.6 is 0 Å². The summed E-state index contributed by atoms with van der Waals surface area (Å²) in [6.07, 6.45) is 3.19. The van der Waals surface area contributed by atoms with Crippen molar-refractivity contribution in [1.82, 2.24) is 5.32 Å². The largest absolute Gasteiger partial charge is 0.393 e. The van der Waals surface area contributed by atoms with E-state index in [9.17, 15) is 5.11 Å². The molecule has 2 heteroatoms. The van der Waals surface area contributed by atoms with Crippen molar-refractivity contribution in [3.63, 3.8) is 0 Å². The Bertz CT molecular complexity index is 119. The van der Waals surface area contributed by atoms with Gasteiger partial charge in [0.15, 0.2) is 0 Å². The zero-order valence-corrected chi connectivity index (χ0v) is 8.21. The second-order valence-electron chi connectivity index (χ2n) is 4.28. The number of hydrogen-bond donors (Lipinski definition) is 2. The summed E-state index contributed by atoms with van der Waals surface area (Å²) in [6, 6.07) is 0. The van der Waals surface area contributed by atoms with E-state index in [0.29, 0.717) is 11.8 Å². The van der Waals surface area contributed by atoms with Crippen LogP contribution < -0.4 is 5.32 Å². The van der Waals surface area contributed by atoms with Crippen molar-refractivity contribution in [2.45, 2.75) is 39.2 Å². The lowest BCUT2D eigenvalue weighted by atomic mass is 9.88. The quantitative estimate of drug-likeness (QED) is 0.672. The van der Waals surface area contributed by atoms with Gasteiger partial charge in [-0.3, -0.25) is 0 Å². The maximum absolute atomic E-state index is 9.82. The van der Waals surface area contributed by atoms with E-state index in [0.717, 1.165) is 32.4 Å². The molecule has 1 rings (SSSR count). The zero-order chi connectivity index (χ0) is 8.97. The van der Waals surface area contributed by atoms with Crippen LogP contribution in [0.25, 0.3) is 0 Å². The first-order valence-electron chi connectivity index (χ1n) is 5.09. The van der Waals surface area contributed by atoms with E-state index in [1.54, 1.807) is 0 Å². The summed E-state index contributed by atoms with van der Waals surface area (Å²) >= 11 is 0. The van der Waals surface area contributed by atoms with E-state index >= 15 is 0 Å². The van der Waals surface area contributed by atoms with Crippen LogP contribution in [-0.4, -0.2) is 24.3 Å². The van der Waals surface area contributed by atoms with Gasteiger partial charge in [0.25, 0.3) is 0 Å². The first kappa shape index (κ1) is 10.0. The first-order valence-corrected chi connectivity index (χ1v) is 5.09. The van der Waals surface area contributed by atoms with Gasteiger partial charge < -0.3 is 10.4 Å². The average Bonchev–Trinajstić information content (AvgIpc) is 2.05. The summed E-state index contributed by atoms with van der Waals surface area (Å²) in [7, 11) is 0. The molecule has 1 heterocycles. The van der Waals surface area contributed by atoms with E-state index in [1.807, 2.05) is 0 Å². The number of rotatable bonds is 3. The maximum Gasteiger partial charge on any atom is 0.0571 e. The van der Waals surface area contributed by atoms with Crippen LogP contribution in [0.4, 0.5) is 0 Å². The Kier molecular flexibility index (Phi) is 4.02. The van der Waals surface area contributed by atoms with E-state index in [2.05, 4.69) is 19.2 Å². The lowest BCUT2D eigenvalue weighted by Crippen LogP contribution is -2.34. The standard InChI is InChI=1S/C10H21NO/c1-8(2)7-10(12)9-3-5-11-6-4-9/h8-12H,3-7H2,1-2H3. The van der Waals surface area contributed by atoms with Gasteiger partial charge in [-0.2, -0.15) is 0 Å². The van der Waals surface area contributed by atoms with Crippen molar-refractivity contribution in [3.05, 3.63) is 0 Å². The molecule has 2 N–H and O–H groups in total. The highest BCUT2D eigenvalue weighted by atomic mass is 16.3. The fourth-order valence-corrected chi connectivity index (χ4v) is 1.90. The molecule has 1 atom stereocenters. The van der Waals surface area contributed by atoms with Crippen LogP contribution in [0, 0.1) is 11.8 Å². The fourth-order valence-electron chi connectivity index (χ4n) is 1.90. The Labute approximate surface area is 75.4 Å². The van der Waals surface area contributed by atoms with Crippen LogP contribution in [0.15, 0.2) is 0 Å². The number of aliphatic hydroxyl groups excluding tert-OH is 1. The van der Waals surface area contributed by atoms with Gasteiger partial charge >= 0.3 is 0 Å². The molecule has 1 saturated heterocycles. The molecule has 0 spiro atoms. The van der Waals surface area contributed by atoms with Crippen LogP contribution in [0.2, 0.25) is 0 Å². The van der Waals surface area contributed by atoms with Crippen molar-refractivity contribution in [3.8, 4) is 0 Å². The van der Waals surface area contributed by atoms with Gasteiger partial charge in [-0.05, 0) is 44.2 Å². The van der Waals surface area contributed by atoms with Gasteiger partial charge in [-0.15, -0.1) is 0 Å². The maximum atomic E-state index is 9.82. The number of piperidine rings is 1. The second-order valence-corrected chi connectivity index (χ2v) is 4.28. The first-order chi connectivity index (χ1) is 5.70. The molecule has 0 aliphatic carbocycles. The third-order valence-corrected chi connectivity index (χ3v) is 2.64. The van der Waals surface area contributed by atoms with Crippen LogP contribution in [0.1, 0.15) is 33.1 Å². The van der Waals surface area contributed by atoms with Crippen molar-refractivity contribution < 1.29 is 5.11 Å². The predicted octanol–water partition coefficient (Wildman–Crippen LogP) is 1.39. The van der Waals surface area contributed by atoms with Crippen LogP contribution in [0.5, 0.6) is 0 Å². The van der Waals surface area contributed by atoms with Gasteiger partial charge in [0.2, 0.25) is 0 Å².